The first-order valence-electron chi connectivity index (χ1n) is 10.1. The predicted molar refractivity (Wildman–Crippen MR) is 93.7 cm³/mol. The van der Waals surface area contributed by atoms with Crippen LogP contribution < -0.4 is 0 Å². The van der Waals surface area contributed by atoms with E-state index in [0.717, 1.165) is 43.6 Å². The van der Waals surface area contributed by atoms with Crippen LogP contribution in [0.1, 0.15) is 71.6 Å². The van der Waals surface area contributed by atoms with Crippen molar-refractivity contribution in [2.24, 2.45) is 39.9 Å². The maximum absolute atomic E-state index is 12.1. The molecule has 3 nitrogen and oxygen atoms in total. The molecule has 0 aromatic carbocycles. The molecule has 3 heteroatoms. The summed E-state index contributed by atoms with van der Waals surface area (Å²) >= 11 is 0. The standard InChI is InChI=1S/C21H34O3/c1-19-8-4-9-20(2,18(22)23)16(19)7-10-21-11-14(5-6-17(19)21)15(12-21)13-24-3/h14-17H,4-13H2,1-3H3,(H,22,23)/t14-,15-,16-,17-,19-,20-,21+/m1/s1. The van der Waals surface area contributed by atoms with E-state index in [1.807, 2.05) is 14.0 Å². The molecule has 0 saturated heterocycles. The van der Waals surface area contributed by atoms with Crippen LogP contribution in [0.25, 0.3) is 0 Å². The summed E-state index contributed by atoms with van der Waals surface area (Å²) in [6.45, 7) is 5.43. The molecule has 1 N–H and O–H groups in total. The van der Waals surface area contributed by atoms with Gasteiger partial charge in [-0.2, -0.15) is 0 Å². The molecule has 0 aromatic heterocycles. The van der Waals surface area contributed by atoms with Gasteiger partial charge in [-0.15, -0.1) is 0 Å². The average molecular weight is 335 g/mol. The number of carbonyl (C=O) groups is 1. The van der Waals surface area contributed by atoms with Crippen molar-refractivity contribution < 1.29 is 14.6 Å². The van der Waals surface area contributed by atoms with E-state index in [1.54, 1.807) is 0 Å². The highest BCUT2D eigenvalue weighted by atomic mass is 16.5. The first-order valence-corrected chi connectivity index (χ1v) is 10.1. The van der Waals surface area contributed by atoms with Gasteiger partial charge in [0.2, 0.25) is 0 Å². The zero-order valence-electron chi connectivity index (χ0n) is 15.6. The molecule has 0 amide bonds. The van der Waals surface area contributed by atoms with E-state index >= 15 is 0 Å². The minimum absolute atomic E-state index is 0.233. The van der Waals surface area contributed by atoms with Gasteiger partial charge in [0.25, 0.3) is 0 Å². The van der Waals surface area contributed by atoms with E-state index in [9.17, 15) is 9.90 Å². The second kappa shape index (κ2) is 5.46. The van der Waals surface area contributed by atoms with E-state index in [0.29, 0.717) is 11.3 Å². The van der Waals surface area contributed by atoms with Crippen molar-refractivity contribution >= 4 is 5.97 Å². The van der Waals surface area contributed by atoms with Crippen LogP contribution in [0.5, 0.6) is 0 Å². The smallest absolute Gasteiger partial charge is 0.309 e. The van der Waals surface area contributed by atoms with Crippen molar-refractivity contribution in [3.63, 3.8) is 0 Å². The number of aliphatic carboxylic acids is 1. The number of carboxylic acid groups (broad SMARTS) is 1. The summed E-state index contributed by atoms with van der Waals surface area (Å²) in [5.41, 5.74) is 0.223. The number of fused-ring (bicyclic) bond motifs is 3. The number of hydrogen-bond acceptors (Lipinski definition) is 2. The predicted octanol–water partition coefficient (Wildman–Crippen LogP) is 4.75. The van der Waals surface area contributed by atoms with E-state index < -0.39 is 11.4 Å². The fourth-order valence-corrected chi connectivity index (χ4v) is 8.25. The zero-order valence-corrected chi connectivity index (χ0v) is 15.6. The summed E-state index contributed by atoms with van der Waals surface area (Å²) in [5.74, 6) is 2.16. The highest BCUT2D eigenvalue weighted by Crippen LogP contribution is 2.72. The number of rotatable bonds is 3. The van der Waals surface area contributed by atoms with Gasteiger partial charge < -0.3 is 9.84 Å². The van der Waals surface area contributed by atoms with Crippen molar-refractivity contribution in [1.29, 1.82) is 0 Å². The van der Waals surface area contributed by atoms with Crippen molar-refractivity contribution in [3.05, 3.63) is 0 Å². The van der Waals surface area contributed by atoms with Gasteiger partial charge in [0, 0.05) is 13.7 Å². The van der Waals surface area contributed by atoms with Gasteiger partial charge in [-0.25, -0.2) is 0 Å². The van der Waals surface area contributed by atoms with Crippen LogP contribution in [0.15, 0.2) is 0 Å². The topological polar surface area (TPSA) is 46.5 Å². The molecule has 0 unspecified atom stereocenters. The Bertz CT molecular complexity index is 531. The maximum Gasteiger partial charge on any atom is 0.309 e. The highest BCUT2D eigenvalue weighted by molar-refractivity contribution is 5.75. The molecule has 4 aliphatic carbocycles. The lowest BCUT2D eigenvalue weighted by Crippen LogP contribution is -2.58. The molecular weight excluding hydrogens is 300 g/mol. The molecule has 0 aliphatic heterocycles. The highest BCUT2D eigenvalue weighted by Gasteiger charge is 2.65. The SMILES string of the molecule is COC[C@H]1C[C@@]23CC[C@@H]4[C@@](C)(CCC[C@@]4(C)C(=O)O)[C@H]2CC[C@@H]1C3. The zero-order chi connectivity index (χ0) is 17.2. The van der Waals surface area contributed by atoms with Crippen LogP contribution in [-0.4, -0.2) is 24.8 Å². The van der Waals surface area contributed by atoms with Gasteiger partial charge in [0.15, 0.2) is 0 Å². The lowest BCUT2D eigenvalue weighted by molar-refractivity contribution is -0.181. The fourth-order valence-electron chi connectivity index (χ4n) is 8.25. The van der Waals surface area contributed by atoms with Gasteiger partial charge in [-0.3, -0.25) is 4.79 Å². The molecule has 136 valence electrons. The summed E-state index contributed by atoms with van der Waals surface area (Å²) in [5, 5.41) is 9.97. The second-order valence-electron chi connectivity index (χ2n) is 10.0. The summed E-state index contributed by atoms with van der Waals surface area (Å²) in [6, 6.07) is 0. The molecule has 0 heterocycles. The third kappa shape index (κ3) is 2.09. The fraction of sp³-hybridized carbons (Fsp3) is 0.952. The monoisotopic (exact) mass is 334 g/mol. The molecule has 4 fully saturated rings. The summed E-state index contributed by atoms with van der Waals surface area (Å²) < 4.78 is 5.53. The second-order valence-corrected chi connectivity index (χ2v) is 10.0. The molecule has 0 aromatic rings. The Morgan fingerprint density at radius 1 is 1.08 bits per heavy atom. The Morgan fingerprint density at radius 2 is 1.88 bits per heavy atom. The van der Waals surface area contributed by atoms with Crippen molar-refractivity contribution in [1.82, 2.24) is 0 Å². The lowest BCUT2D eigenvalue weighted by atomic mass is 9.41. The molecule has 7 atom stereocenters. The number of ether oxygens (including phenoxy) is 1. The van der Waals surface area contributed by atoms with E-state index in [1.165, 1.54) is 38.5 Å². The quantitative estimate of drug-likeness (QED) is 0.810. The normalized spacial score (nSPS) is 53.3. The van der Waals surface area contributed by atoms with Gasteiger partial charge >= 0.3 is 5.97 Å². The third-order valence-electron chi connectivity index (χ3n) is 9.14. The van der Waals surface area contributed by atoms with Gasteiger partial charge in [-0.05, 0) is 92.8 Å². The minimum atomic E-state index is -0.549. The third-order valence-corrected chi connectivity index (χ3v) is 9.14. The first-order chi connectivity index (χ1) is 11.4. The largest absolute Gasteiger partial charge is 0.481 e. The van der Waals surface area contributed by atoms with E-state index in [4.69, 9.17) is 4.74 Å². The molecule has 1 spiro atoms. The van der Waals surface area contributed by atoms with Crippen LogP contribution in [-0.2, 0) is 9.53 Å². The number of methoxy groups -OCH3 is 1. The van der Waals surface area contributed by atoms with Crippen molar-refractivity contribution in [2.75, 3.05) is 13.7 Å². The Morgan fingerprint density at radius 3 is 2.58 bits per heavy atom. The maximum atomic E-state index is 12.1. The Kier molecular flexibility index (Phi) is 3.84. The van der Waals surface area contributed by atoms with Gasteiger partial charge in [0.1, 0.15) is 0 Å². The van der Waals surface area contributed by atoms with Crippen molar-refractivity contribution in [3.8, 4) is 0 Å². The van der Waals surface area contributed by atoms with E-state index in [2.05, 4.69) is 6.92 Å². The molecule has 4 rings (SSSR count). The van der Waals surface area contributed by atoms with Crippen LogP contribution in [0.4, 0.5) is 0 Å². The number of hydrogen-bond donors (Lipinski definition) is 1. The average Bonchev–Trinajstić information content (AvgIpc) is 2.78. The molecule has 4 aliphatic rings. The summed E-state index contributed by atoms with van der Waals surface area (Å²) in [7, 11) is 1.84. The molecule has 24 heavy (non-hydrogen) atoms. The Hall–Kier alpha value is -0.570. The molecule has 0 radical (unpaired) electrons. The van der Waals surface area contributed by atoms with Crippen LogP contribution in [0, 0.1) is 39.9 Å². The summed E-state index contributed by atoms with van der Waals surface area (Å²) in [4.78, 5) is 12.1. The van der Waals surface area contributed by atoms with Crippen molar-refractivity contribution in [2.45, 2.75) is 71.6 Å². The molecular formula is C21H34O3. The van der Waals surface area contributed by atoms with E-state index in [-0.39, 0.29) is 5.41 Å². The van der Waals surface area contributed by atoms with Gasteiger partial charge in [-0.1, -0.05) is 13.3 Å². The van der Waals surface area contributed by atoms with Crippen LogP contribution in [0.2, 0.25) is 0 Å². The van der Waals surface area contributed by atoms with Crippen LogP contribution in [0.3, 0.4) is 0 Å². The number of carboxylic acids is 1. The minimum Gasteiger partial charge on any atom is -0.481 e. The first kappa shape index (κ1) is 16.9. The van der Waals surface area contributed by atoms with Gasteiger partial charge in [0.05, 0.1) is 5.41 Å². The molecule has 4 saturated carbocycles. The van der Waals surface area contributed by atoms with Crippen LogP contribution >= 0.6 is 0 Å². The Balaban J connectivity index is 1.67. The lowest BCUT2D eigenvalue weighted by Gasteiger charge is -2.63. The Labute approximate surface area is 146 Å². The molecule has 2 bridgehead atoms. The summed E-state index contributed by atoms with van der Waals surface area (Å²) in [6.07, 6.45) is 11.0.